The van der Waals surface area contributed by atoms with Crippen molar-refractivity contribution in [1.82, 2.24) is 9.29 Å². The van der Waals surface area contributed by atoms with Crippen LogP contribution < -0.4 is 0 Å². The van der Waals surface area contributed by atoms with Gasteiger partial charge in [-0.25, -0.2) is 8.42 Å². The number of aryl methyl sites for hydroxylation is 2. The molecule has 0 amide bonds. The molecule has 3 aromatic rings. The normalized spacial score (nSPS) is 15.5. The first-order chi connectivity index (χ1) is 11.9. The lowest BCUT2D eigenvalue weighted by molar-refractivity contribution is 0.391. The first-order valence-electron chi connectivity index (χ1n) is 8.22. The number of aromatic nitrogens is 1. The molecule has 0 aliphatic carbocycles. The van der Waals surface area contributed by atoms with Crippen LogP contribution in [0.5, 0.6) is 0 Å². The second-order valence-electron chi connectivity index (χ2n) is 6.63. The Balaban J connectivity index is 1.77. The van der Waals surface area contributed by atoms with E-state index in [1.807, 2.05) is 44.2 Å². The lowest BCUT2D eigenvalue weighted by atomic mass is 10.1. The van der Waals surface area contributed by atoms with Crippen molar-refractivity contribution in [3.8, 4) is 0 Å². The van der Waals surface area contributed by atoms with Gasteiger partial charge in [-0.1, -0.05) is 29.8 Å². The maximum Gasteiger partial charge on any atom is 0.243 e. The Morgan fingerprint density at radius 3 is 2.72 bits per heavy atom. The maximum atomic E-state index is 13.2. The highest BCUT2D eigenvalue weighted by molar-refractivity contribution is 7.89. The maximum absolute atomic E-state index is 13.2. The molecule has 1 aliphatic heterocycles. The Labute approximate surface area is 152 Å². The van der Waals surface area contributed by atoms with Crippen LogP contribution in [-0.4, -0.2) is 24.3 Å². The molecule has 1 N–H and O–H groups in total. The summed E-state index contributed by atoms with van der Waals surface area (Å²) in [6, 6.07) is 11.3. The van der Waals surface area contributed by atoms with Gasteiger partial charge in [-0.2, -0.15) is 4.31 Å². The minimum Gasteiger partial charge on any atom is -0.358 e. The molecule has 0 atom stereocenters. The number of nitrogens with zero attached hydrogens (tertiary/aromatic N) is 1. The Morgan fingerprint density at radius 1 is 1.12 bits per heavy atom. The molecule has 4 rings (SSSR count). The summed E-state index contributed by atoms with van der Waals surface area (Å²) in [6.07, 6.45) is 0.672. The van der Waals surface area contributed by atoms with E-state index < -0.39 is 10.0 Å². The predicted octanol–water partition coefficient (Wildman–Crippen LogP) is 4.19. The molecule has 0 radical (unpaired) electrons. The molecule has 2 heterocycles. The average Bonchev–Trinajstić information content (AvgIpc) is 2.93. The third-order valence-corrected chi connectivity index (χ3v) is 7.09. The summed E-state index contributed by atoms with van der Waals surface area (Å²) in [5.41, 5.74) is 4.84. The summed E-state index contributed by atoms with van der Waals surface area (Å²) in [7, 11) is -3.52. The molecule has 0 fully saturated rings. The van der Waals surface area contributed by atoms with E-state index in [0.717, 1.165) is 33.3 Å². The van der Waals surface area contributed by atoms with Crippen LogP contribution in [0.3, 0.4) is 0 Å². The number of benzene rings is 2. The summed E-state index contributed by atoms with van der Waals surface area (Å²) in [5, 5.41) is 1.71. The number of hydrogen-bond donors (Lipinski definition) is 1. The van der Waals surface area contributed by atoms with Crippen LogP contribution in [-0.2, 0) is 23.0 Å². The number of nitrogens with one attached hydrogen (secondary N) is 1. The van der Waals surface area contributed by atoms with Crippen LogP contribution >= 0.6 is 11.6 Å². The number of fused-ring (bicyclic) bond motifs is 3. The lowest BCUT2D eigenvalue weighted by Gasteiger charge is -2.27. The number of sulfonamides is 1. The van der Waals surface area contributed by atoms with Gasteiger partial charge in [-0.15, -0.1) is 0 Å². The first kappa shape index (κ1) is 16.6. The molecule has 0 saturated carbocycles. The Hall–Kier alpha value is -1.82. The fourth-order valence-corrected chi connectivity index (χ4v) is 5.39. The van der Waals surface area contributed by atoms with Gasteiger partial charge in [0.25, 0.3) is 0 Å². The second kappa shape index (κ2) is 5.87. The number of aromatic amines is 1. The highest BCUT2D eigenvalue weighted by atomic mass is 35.5. The highest BCUT2D eigenvalue weighted by Gasteiger charge is 2.31. The van der Waals surface area contributed by atoms with Gasteiger partial charge in [0, 0.05) is 41.1 Å². The molecule has 0 bridgehead atoms. The van der Waals surface area contributed by atoms with E-state index in [4.69, 9.17) is 11.6 Å². The topological polar surface area (TPSA) is 53.2 Å². The Kier molecular flexibility index (Phi) is 3.90. The van der Waals surface area contributed by atoms with Gasteiger partial charge in [-0.3, -0.25) is 0 Å². The van der Waals surface area contributed by atoms with E-state index >= 15 is 0 Å². The van der Waals surface area contributed by atoms with Crippen molar-refractivity contribution in [2.75, 3.05) is 6.54 Å². The largest absolute Gasteiger partial charge is 0.358 e. The summed E-state index contributed by atoms with van der Waals surface area (Å²) >= 11 is 6.07. The van der Waals surface area contributed by atoms with E-state index in [-0.39, 0.29) is 0 Å². The van der Waals surface area contributed by atoms with Crippen LogP contribution in [0.2, 0.25) is 5.02 Å². The molecular weight excluding hydrogens is 356 g/mol. The van der Waals surface area contributed by atoms with Gasteiger partial charge in [0.1, 0.15) is 0 Å². The van der Waals surface area contributed by atoms with Crippen LogP contribution in [0.15, 0.2) is 41.3 Å². The molecule has 25 heavy (non-hydrogen) atoms. The van der Waals surface area contributed by atoms with E-state index in [1.54, 1.807) is 10.4 Å². The number of hydrogen-bond acceptors (Lipinski definition) is 2. The van der Waals surface area contributed by atoms with Crippen molar-refractivity contribution < 1.29 is 8.42 Å². The molecule has 0 spiro atoms. The van der Waals surface area contributed by atoms with E-state index in [2.05, 4.69) is 4.98 Å². The van der Waals surface area contributed by atoms with Gasteiger partial charge in [0.15, 0.2) is 0 Å². The molecule has 1 aliphatic rings. The summed E-state index contributed by atoms with van der Waals surface area (Å²) < 4.78 is 27.9. The van der Waals surface area contributed by atoms with Gasteiger partial charge in [0.05, 0.1) is 4.90 Å². The van der Waals surface area contributed by atoms with Gasteiger partial charge in [-0.05, 0) is 48.7 Å². The molecular formula is C19H19ClN2O2S. The van der Waals surface area contributed by atoms with E-state index in [9.17, 15) is 8.42 Å². The summed E-state index contributed by atoms with van der Waals surface area (Å²) in [5.74, 6) is 0. The van der Waals surface area contributed by atoms with E-state index in [0.29, 0.717) is 29.4 Å². The fourth-order valence-electron chi connectivity index (χ4n) is 3.50. The van der Waals surface area contributed by atoms with Crippen LogP contribution in [0, 0.1) is 13.8 Å². The third-order valence-electron chi connectivity index (χ3n) is 4.86. The molecule has 6 heteroatoms. The smallest absolute Gasteiger partial charge is 0.243 e. The predicted molar refractivity (Wildman–Crippen MR) is 101 cm³/mol. The monoisotopic (exact) mass is 374 g/mol. The van der Waals surface area contributed by atoms with Gasteiger partial charge >= 0.3 is 0 Å². The van der Waals surface area contributed by atoms with Crippen molar-refractivity contribution in [2.45, 2.75) is 31.7 Å². The van der Waals surface area contributed by atoms with Crippen LogP contribution in [0.4, 0.5) is 0 Å². The molecule has 4 nitrogen and oxygen atoms in total. The first-order valence-corrected chi connectivity index (χ1v) is 10.0. The molecule has 1 aromatic heterocycles. The second-order valence-corrected chi connectivity index (χ2v) is 8.97. The zero-order valence-corrected chi connectivity index (χ0v) is 15.7. The zero-order valence-electron chi connectivity index (χ0n) is 14.1. The Bertz CT molecular complexity index is 1090. The molecule has 2 aromatic carbocycles. The fraction of sp³-hybridized carbons (Fsp3) is 0.263. The van der Waals surface area contributed by atoms with Crippen LogP contribution in [0.25, 0.3) is 10.9 Å². The lowest BCUT2D eigenvalue weighted by Crippen LogP contribution is -2.36. The zero-order chi connectivity index (χ0) is 17.8. The number of halogens is 1. The van der Waals surface area contributed by atoms with Crippen LogP contribution in [0.1, 0.15) is 22.4 Å². The highest BCUT2D eigenvalue weighted by Crippen LogP contribution is 2.32. The minimum absolute atomic E-state index is 0.382. The summed E-state index contributed by atoms with van der Waals surface area (Å²) in [6.45, 7) is 4.61. The third kappa shape index (κ3) is 2.76. The van der Waals surface area contributed by atoms with Gasteiger partial charge < -0.3 is 4.98 Å². The number of rotatable bonds is 2. The molecule has 0 saturated heterocycles. The van der Waals surface area contributed by atoms with Crippen molar-refractivity contribution >= 4 is 32.5 Å². The SMILES string of the molecule is Cc1ccc(C)c(S(=O)(=O)N2CCc3[nH]c4cc(Cl)ccc4c3C2)c1. The summed E-state index contributed by atoms with van der Waals surface area (Å²) in [4.78, 5) is 3.78. The van der Waals surface area contributed by atoms with E-state index in [1.165, 1.54) is 0 Å². The molecule has 0 unspecified atom stereocenters. The van der Waals surface area contributed by atoms with Crippen molar-refractivity contribution in [3.63, 3.8) is 0 Å². The van der Waals surface area contributed by atoms with Crippen molar-refractivity contribution in [3.05, 3.63) is 63.8 Å². The quantitative estimate of drug-likeness (QED) is 0.731. The van der Waals surface area contributed by atoms with Gasteiger partial charge in [0.2, 0.25) is 10.0 Å². The Morgan fingerprint density at radius 2 is 1.92 bits per heavy atom. The number of H-pyrrole nitrogens is 1. The van der Waals surface area contributed by atoms with Crippen molar-refractivity contribution in [2.24, 2.45) is 0 Å². The standard InChI is InChI=1S/C19H19ClN2O2S/c1-12-3-4-13(2)19(9-12)25(23,24)22-8-7-17-16(11-22)15-6-5-14(20)10-18(15)21-17/h3-6,9-10,21H,7-8,11H2,1-2H3. The van der Waals surface area contributed by atoms with Crippen molar-refractivity contribution in [1.29, 1.82) is 0 Å². The molecule has 130 valence electrons. The minimum atomic E-state index is -3.52. The average molecular weight is 375 g/mol.